The summed E-state index contributed by atoms with van der Waals surface area (Å²) in [6.45, 7) is 1.74. The van der Waals surface area contributed by atoms with Gasteiger partial charge in [0.15, 0.2) is 9.84 Å². The SMILES string of the molecule is CC(N)C(O)c1cc2c(s1)CCS(=O)(=O)C2. The van der Waals surface area contributed by atoms with E-state index in [1.54, 1.807) is 13.0 Å². The molecule has 1 aromatic rings. The number of rotatable bonds is 2. The number of fused-ring (bicyclic) bond motifs is 1. The van der Waals surface area contributed by atoms with Crippen LogP contribution in [0, 0.1) is 0 Å². The van der Waals surface area contributed by atoms with Crippen LogP contribution in [0.3, 0.4) is 0 Å². The van der Waals surface area contributed by atoms with E-state index in [4.69, 9.17) is 5.73 Å². The van der Waals surface area contributed by atoms with Crippen LogP contribution in [0.25, 0.3) is 0 Å². The number of aliphatic hydroxyl groups excluding tert-OH is 1. The van der Waals surface area contributed by atoms with Crippen molar-refractivity contribution in [2.24, 2.45) is 5.73 Å². The molecular weight excluding hydrogens is 246 g/mol. The van der Waals surface area contributed by atoms with Crippen molar-refractivity contribution in [3.63, 3.8) is 0 Å². The lowest BCUT2D eigenvalue weighted by atomic mass is 10.1. The summed E-state index contributed by atoms with van der Waals surface area (Å²) in [6, 6.07) is 1.45. The predicted octanol–water partition coefficient (Wildman–Crippen LogP) is 0.600. The molecule has 0 fully saturated rings. The molecule has 4 nitrogen and oxygen atoms in total. The highest BCUT2D eigenvalue weighted by Gasteiger charge is 2.25. The zero-order valence-electron chi connectivity index (χ0n) is 9.01. The molecule has 1 aliphatic rings. The monoisotopic (exact) mass is 261 g/mol. The number of sulfone groups is 1. The molecule has 0 spiro atoms. The number of aliphatic hydroxyl groups is 1. The average Bonchev–Trinajstić information content (AvgIpc) is 2.57. The van der Waals surface area contributed by atoms with E-state index in [2.05, 4.69) is 0 Å². The molecule has 0 saturated heterocycles. The van der Waals surface area contributed by atoms with Crippen molar-refractivity contribution in [1.29, 1.82) is 0 Å². The van der Waals surface area contributed by atoms with E-state index in [-0.39, 0.29) is 17.5 Å². The first-order valence-corrected chi connectivity index (χ1v) is 7.78. The molecule has 90 valence electrons. The molecule has 0 bridgehead atoms. The smallest absolute Gasteiger partial charge is 0.154 e. The minimum absolute atomic E-state index is 0.102. The van der Waals surface area contributed by atoms with E-state index in [1.165, 1.54) is 11.3 Å². The molecular formula is C10H15NO3S2. The largest absolute Gasteiger partial charge is 0.386 e. The van der Waals surface area contributed by atoms with Gasteiger partial charge >= 0.3 is 0 Å². The molecule has 2 heterocycles. The van der Waals surface area contributed by atoms with E-state index in [1.807, 2.05) is 0 Å². The Bertz CT molecular complexity index is 490. The fourth-order valence-electron chi connectivity index (χ4n) is 1.79. The molecule has 1 aliphatic heterocycles. The second kappa shape index (κ2) is 4.10. The summed E-state index contributed by atoms with van der Waals surface area (Å²) in [5, 5.41) is 9.81. The summed E-state index contributed by atoms with van der Waals surface area (Å²) in [6.07, 6.45) is -0.133. The second-order valence-corrected chi connectivity index (χ2v) is 7.60. The first-order valence-electron chi connectivity index (χ1n) is 5.14. The first kappa shape index (κ1) is 12.0. The molecule has 1 aromatic heterocycles. The van der Waals surface area contributed by atoms with Crippen molar-refractivity contribution >= 4 is 21.2 Å². The van der Waals surface area contributed by atoms with Gasteiger partial charge in [-0.3, -0.25) is 0 Å². The summed E-state index contributed by atoms with van der Waals surface area (Å²) in [4.78, 5) is 1.85. The zero-order valence-corrected chi connectivity index (χ0v) is 10.6. The predicted molar refractivity (Wildman–Crippen MR) is 64.1 cm³/mol. The minimum atomic E-state index is -2.93. The molecule has 2 atom stereocenters. The van der Waals surface area contributed by atoms with Gasteiger partial charge in [0, 0.05) is 15.8 Å². The number of nitrogens with two attached hydrogens (primary N) is 1. The van der Waals surface area contributed by atoms with Crippen molar-refractivity contribution in [2.45, 2.75) is 31.2 Å². The molecule has 2 unspecified atom stereocenters. The van der Waals surface area contributed by atoms with E-state index in [0.717, 1.165) is 15.3 Å². The molecule has 2 rings (SSSR count). The quantitative estimate of drug-likeness (QED) is 0.817. The molecule has 16 heavy (non-hydrogen) atoms. The lowest BCUT2D eigenvalue weighted by Crippen LogP contribution is -2.23. The van der Waals surface area contributed by atoms with Gasteiger partial charge in [0.05, 0.1) is 11.5 Å². The Morgan fingerprint density at radius 2 is 2.25 bits per heavy atom. The summed E-state index contributed by atoms with van der Waals surface area (Å²) in [5.41, 5.74) is 6.46. The summed E-state index contributed by atoms with van der Waals surface area (Å²) < 4.78 is 22.9. The maximum atomic E-state index is 11.4. The van der Waals surface area contributed by atoms with Gasteiger partial charge in [-0.15, -0.1) is 11.3 Å². The Morgan fingerprint density at radius 1 is 1.56 bits per heavy atom. The van der Waals surface area contributed by atoms with Crippen LogP contribution < -0.4 is 5.73 Å². The third-order valence-electron chi connectivity index (χ3n) is 2.72. The normalized spacial score (nSPS) is 22.4. The number of thiophene rings is 1. The highest BCUT2D eigenvalue weighted by Crippen LogP contribution is 2.33. The Hall–Kier alpha value is -0.430. The lowest BCUT2D eigenvalue weighted by Gasteiger charge is -2.11. The van der Waals surface area contributed by atoms with Crippen LogP contribution in [0.4, 0.5) is 0 Å². The van der Waals surface area contributed by atoms with Crippen molar-refractivity contribution < 1.29 is 13.5 Å². The third kappa shape index (κ3) is 2.29. The van der Waals surface area contributed by atoms with Crippen molar-refractivity contribution in [3.8, 4) is 0 Å². The summed E-state index contributed by atoms with van der Waals surface area (Å²) in [5.74, 6) is 0.318. The highest BCUT2D eigenvalue weighted by atomic mass is 32.2. The van der Waals surface area contributed by atoms with Crippen LogP contribution >= 0.6 is 11.3 Å². The van der Waals surface area contributed by atoms with Crippen LogP contribution in [-0.2, 0) is 22.0 Å². The Morgan fingerprint density at radius 3 is 2.88 bits per heavy atom. The van der Waals surface area contributed by atoms with Gasteiger partial charge in [-0.25, -0.2) is 8.42 Å². The molecule has 0 amide bonds. The summed E-state index contributed by atoms with van der Waals surface area (Å²) in [7, 11) is -2.93. The van der Waals surface area contributed by atoms with Crippen molar-refractivity contribution in [1.82, 2.24) is 0 Å². The summed E-state index contributed by atoms with van der Waals surface area (Å²) >= 11 is 1.48. The first-order chi connectivity index (χ1) is 7.39. The number of hydrogen-bond donors (Lipinski definition) is 2. The van der Waals surface area contributed by atoms with Gasteiger partial charge in [-0.05, 0) is 25.0 Å². The van der Waals surface area contributed by atoms with Crippen LogP contribution in [-0.4, -0.2) is 25.3 Å². The van der Waals surface area contributed by atoms with Crippen LogP contribution in [0.15, 0.2) is 6.07 Å². The average molecular weight is 261 g/mol. The van der Waals surface area contributed by atoms with E-state index in [9.17, 15) is 13.5 Å². The Balaban J connectivity index is 2.32. The Labute approximate surface area is 99.0 Å². The van der Waals surface area contributed by atoms with Gasteiger partial charge in [0.2, 0.25) is 0 Å². The standard InChI is InChI=1S/C10H15NO3S2/c1-6(11)10(12)9-4-7-5-16(13,14)3-2-8(7)15-9/h4,6,10,12H,2-3,5,11H2,1H3. The molecule has 6 heteroatoms. The number of hydrogen-bond acceptors (Lipinski definition) is 5. The van der Waals surface area contributed by atoms with Gasteiger partial charge in [-0.1, -0.05) is 0 Å². The van der Waals surface area contributed by atoms with Gasteiger partial charge in [0.1, 0.15) is 6.10 Å². The van der Waals surface area contributed by atoms with Crippen LogP contribution in [0.1, 0.15) is 28.3 Å². The fraction of sp³-hybridized carbons (Fsp3) is 0.600. The fourth-order valence-corrected chi connectivity index (χ4v) is 4.68. The van der Waals surface area contributed by atoms with Gasteiger partial charge in [-0.2, -0.15) is 0 Å². The molecule has 0 aliphatic carbocycles. The topological polar surface area (TPSA) is 80.4 Å². The minimum Gasteiger partial charge on any atom is -0.386 e. The van der Waals surface area contributed by atoms with Crippen LogP contribution in [0.5, 0.6) is 0 Å². The highest BCUT2D eigenvalue weighted by molar-refractivity contribution is 7.90. The van der Waals surface area contributed by atoms with Crippen LogP contribution in [0.2, 0.25) is 0 Å². The van der Waals surface area contributed by atoms with Crippen molar-refractivity contribution in [2.75, 3.05) is 5.75 Å². The maximum Gasteiger partial charge on any atom is 0.154 e. The van der Waals surface area contributed by atoms with Gasteiger partial charge in [0.25, 0.3) is 0 Å². The maximum absolute atomic E-state index is 11.4. The van der Waals surface area contributed by atoms with E-state index < -0.39 is 15.9 Å². The molecule has 0 saturated carbocycles. The Kier molecular flexibility index (Phi) is 3.09. The number of aryl methyl sites for hydroxylation is 1. The zero-order chi connectivity index (χ0) is 11.9. The second-order valence-electron chi connectivity index (χ2n) is 4.24. The molecule has 0 radical (unpaired) electrons. The molecule has 0 aromatic carbocycles. The van der Waals surface area contributed by atoms with E-state index in [0.29, 0.717) is 6.42 Å². The lowest BCUT2D eigenvalue weighted by molar-refractivity contribution is 0.157. The molecule has 3 N–H and O–H groups in total. The van der Waals surface area contributed by atoms with Crippen molar-refractivity contribution in [3.05, 3.63) is 21.4 Å². The van der Waals surface area contributed by atoms with E-state index >= 15 is 0 Å². The van der Waals surface area contributed by atoms with Gasteiger partial charge < -0.3 is 10.8 Å². The third-order valence-corrected chi connectivity index (χ3v) is 5.61.